The molecule has 0 radical (unpaired) electrons. The van der Waals surface area contributed by atoms with Gasteiger partial charge in [-0.3, -0.25) is 0 Å². The van der Waals surface area contributed by atoms with Crippen LogP contribution in [0, 0.1) is 12.3 Å². The first kappa shape index (κ1) is 17.4. The Morgan fingerprint density at radius 3 is 2.57 bits per heavy atom. The quantitative estimate of drug-likeness (QED) is 0.362. The van der Waals surface area contributed by atoms with Gasteiger partial charge in [0.2, 0.25) is 0 Å². The molecule has 0 aromatic heterocycles. The van der Waals surface area contributed by atoms with Crippen LogP contribution in [0.2, 0.25) is 0 Å². The van der Waals surface area contributed by atoms with Crippen molar-refractivity contribution >= 4 is 15.9 Å². The van der Waals surface area contributed by atoms with Crippen molar-refractivity contribution in [3.63, 3.8) is 0 Å². The fraction of sp³-hybridized carbons (Fsp3) is 0.300. The minimum Gasteiger partial charge on any atom is -0.493 e. The maximum absolute atomic E-state index is 5.90. The van der Waals surface area contributed by atoms with Gasteiger partial charge in [-0.25, -0.2) is 0 Å². The van der Waals surface area contributed by atoms with Crippen molar-refractivity contribution in [2.45, 2.75) is 19.3 Å². The number of aryl methyl sites for hydroxylation is 2. The summed E-state index contributed by atoms with van der Waals surface area (Å²) in [5, 5.41) is 0.940. The maximum Gasteiger partial charge on any atom is 0.148 e. The van der Waals surface area contributed by atoms with E-state index in [1.165, 1.54) is 5.56 Å². The molecule has 2 rings (SSSR count). The highest BCUT2D eigenvalue weighted by Gasteiger charge is 2.07. The van der Waals surface area contributed by atoms with Crippen LogP contribution in [0.4, 0.5) is 0 Å². The molecule has 0 atom stereocenters. The van der Waals surface area contributed by atoms with Gasteiger partial charge < -0.3 is 9.47 Å². The molecule has 0 heterocycles. The topological polar surface area (TPSA) is 18.5 Å². The molecule has 0 aliphatic rings. The molecule has 0 bridgehead atoms. The Morgan fingerprint density at radius 2 is 1.83 bits per heavy atom. The van der Waals surface area contributed by atoms with Crippen LogP contribution in [0.5, 0.6) is 11.5 Å². The normalized spacial score (nSPS) is 10.1. The molecule has 120 valence electrons. The molecule has 23 heavy (non-hydrogen) atoms. The van der Waals surface area contributed by atoms with Gasteiger partial charge in [0.25, 0.3) is 0 Å². The summed E-state index contributed by atoms with van der Waals surface area (Å²) >= 11 is 3.42. The molecule has 2 aromatic rings. The van der Waals surface area contributed by atoms with Crippen molar-refractivity contribution in [3.8, 4) is 23.8 Å². The van der Waals surface area contributed by atoms with E-state index in [9.17, 15) is 0 Å². The SMILES string of the molecule is C#CCOc1ccc(OCCCBr)c(CCc2ccccc2)c1. The van der Waals surface area contributed by atoms with E-state index >= 15 is 0 Å². The van der Waals surface area contributed by atoms with E-state index in [1.807, 2.05) is 24.3 Å². The van der Waals surface area contributed by atoms with Gasteiger partial charge in [-0.15, -0.1) is 6.42 Å². The zero-order valence-corrected chi connectivity index (χ0v) is 14.7. The van der Waals surface area contributed by atoms with Crippen LogP contribution in [0.15, 0.2) is 48.5 Å². The molecule has 0 saturated heterocycles. The summed E-state index contributed by atoms with van der Waals surface area (Å²) in [5.74, 6) is 4.21. The summed E-state index contributed by atoms with van der Waals surface area (Å²) in [6.45, 7) is 0.982. The first-order valence-corrected chi connectivity index (χ1v) is 8.87. The standard InChI is InChI=1S/C20H21BrO2/c1-2-14-22-19-11-12-20(23-15-6-13-21)18(16-19)10-9-17-7-4-3-5-8-17/h1,3-5,7-8,11-12,16H,6,9-10,13-15H2. The third kappa shape index (κ3) is 6.00. The Hall–Kier alpha value is -1.92. The number of hydrogen-bond donors (Lipinski definition) is 0. The molecule has 3 heteroatoms. The summed E-state index contributed by atoms with van der Waals surface area (Å²) in [5.41, 5.74) is 2.46. The lowest BCUT2D eigenvalue weighted by atomic mass is 10.0. The van der Waals surface area contributed by atoms with Crippen LogP contribution in [0.3, 0.4) is 0 Å². The minimum absolute atomic E-state index is 0.280. The highest BCUT2D eigenvalue weighted by Crippen LogP contribution is 2.26. The van der Waals surface area contributed by atoms with E-state index < -0.39 is 0 Å². The number of ether oxygens (including phenoxy) is 2. The van der Waals surface area contributed by atoms with E-state index in [0.29, 0.717) is 6.61 Å². The van der Waals surface area contributed by atoms with Gasteiger partial charge in [0.15, 0.2) is 0 Å². The van der Waals surface area contributed by atoms with Crippen LogP contribution in [0.1, 0.15) is 17.5 Å². The lowest BCUT2D eigenvalue weighted by Gasteiger charge is -2.13. The Kier molecular flexibility index (Phi) is 7.56. The molecule has 0 saturated carbocycles. The first-order chi connectivity index (χ1) is 11.3. The third-order valence-corrected chi connectivity index (χ3v) is 3.98. The third-order valence-electron chi connectivity index (χ3n) is 3.42. The molecule has 0 N–H and O–H groups in total. The molecule has 2 nitrogen and oxygen atoms in total. The van der Waals surface area contributed by atoms with Crippen LogP contribution in [-0.2, 0) is 12.8 Å². The second kappa shape index (κ2) is 9.97. The summed E-state index contributed by atoms with van der Waals surface area (Å²) in [4.78, 5) is 0. The van der Waals surface area contributed by atoms with Gasteiger partial charge in [0, 0.05) is 5.33 Å². The second-order valence-electron chi connectivity index (χ2n) is 5.14. The number of benzene rings is 2. The molecule has 0 amide bonds. The van der Waals surface area contributed by atoms with Crippen molar-refractivity contribution in [2.24, 2.45) is 0 Å². The monoisotopic (exact) mass is 372 g/mol. The van der Waals surface area contributed by atoms with Crippen LogP contribution in [0.25, 0.3) is 0 Å². The van der Waals surface area contributed by atoms with Gasteiger partial charge in [-0.2, -0.15) is 0 Å². The van der Waals surface area contributed by atoms with E-state index in [0.717, 1.165) is 41.7 Å². The molecule has 0 aliphatic heterocycles. The number of halogens is 1. The van der Waals surface area contributed by atoms with Crippen LogP contribution < -0.4 is 9.47 Å². The lowest BCUT2D eigenvalue weighted by Crippen LogP contribution is -2.03. The highest BCUT2D eigenvalue weighted by atomic mass is 79.9. The van der Waals surface area contributed by atoms with E-state index in [4.69, 9.17) is 15.9 Å². The fourth-order valence-electron chi connectivity index (χ4n) is 2.27. The average molecular weight is 373 g/mol. The van der Waals surface area contributed by atoms with E-state index in [1.54, 1.807) is 0 Å². The summed E-state index contributed by atoms with van der Waals surface area (Å²) in [7, 11) is 0. The van der Waals surface area contributed by atoms with Crippen molar-refractivity contribution < 1.29 is 9.47 Å². The largest absolute Gasteiger partial charge is 0.493 e. The number of terminal acetylenes is 1. The van der Waals surface area contributed by atoms with Crippen molar-refractivity contribution in [1.82, 2.24) is 0 Å². The molecule has 0 unspecified atom stereocenters. The van der Waals surface area contributed by atoms with Gasteiger partial charge in [-0.05, 0) is 48.6 Å². The number of hydrogen-bond acceptors (Lipinski definition) is 2. The zero-order valence-electron chi connectivity index (χ0n) is 13.1. The van der Waals surface area contributed by atoms with Crippen molar-refractivity contribution in [2.75, 3.05) is 18.5 Å². The summed E-state index contributed by atoms with van der Waals surface area (Å²) in [6.07, 6.45) is 8.11. The predicted octanol–water partition coefficient (Wildman–Crippen LogP) is 4.65. The van der Waals surface area contributed by atoms with E-state index in [2.05, 4.69) is 46.1 Å². The second-order valence-corrected chi connectivity index (χ2v) is 5.93. The van der Waals surface area contributed by atoms with Gasteiger partial charge in [0.05, 0.1) is 6.61 Å². The molecule has 2 aromatic carbocycles. The van der Waals surface area contributed by atoms with Crippen LogP contribution in [-0.4, -0.2) is 18.5 Å². The number of alkyl halides is 1. The zero-order chi connectivity index (χ0) is 16.3. The maximum atomic E-state index is 5.90. The first-order valence-electron chi connectivity index (χ1n) is 7.75. The highest BCUT2D eigenvalue weighted by molar-refractivity contribution is 9.09. The fourth-order valence-corrected chi connectivity index (χ4v) is 2.50. The molecule has 0 spiro atoms. The van der Waals surface area contributed by atoms with Crippen molar-refractivity contribution in [1.29, 1.82) is 0 Å². The Labute approximate surface area is 147 Å². The summed E-state index contributed by atoms with van der Waals surface area (Å²) < 4.78 is 11.4. The number of rotatable bonds is 9. The average Bonchev–Trinajstić information content (AvgIpc) is 2.60. The molecule has 0 fully saturated rings. The van der Waals surface area contributed by atoms with Gasteiger partial charge in [-0.1, -0.05) is 52.2 Å². The van der Waals surface area contributed by atoms with Crippen molar-refractivity contribution in [3.05, 3.63) is 59.7 Å². The Morgan fingerprint density at radius 1 is 1.00 bits per heavy atom. The molecular formula is C20H21BrO2. The van der Waals surface area contributed by atoms with Crippen LogP contribution >= 0.6 is 15.9 Å². The van der Waals surface area contributed by atoms with Gasteiger partial charge >= 0.3 is 0 Å². The molecule has 0 aliphatic carbocycles. The van der Waals surface area contributed by atoms with Gasteiger partial charge in [0.1, 0.15) is 18.1 Å². The molecular weight excluding hydrogens is 352 g/mol. The minimum atomic E-state index is 0.280. The Bertz CT molecular complexity index is 632. The smallest absolute Gasteiger partial charge is 0.148 e. The van der Waals surface area contributed by atoms with E-state index in [-0.39, 0.29) is 6.61 Å². The Balaban J connectivity index is 2.09. The summed E-state index contributed by atoms with van der Waals surface area (Å²) in [6, 6.07) is 16.4. The predicted molar refractivity (Wildman–Crippen MR) is 98.5 cm³/mol. The lowest BCUT2D eigenvalue weighted by molar-refractivity contribution is 0.314.